The predicted octanol–water partition coefficient (Wildman–Crippen LogP) is 6.98. The van der Waals surface area contributed by atoms with Gasteiger partial charge in [0.1, 0.15) is 17.3 Å². The third-order valence-electron chi connectivity index (χ3n) is 7.73. The highest BCUT2D eigenvalue weighted by atomic mass is 19.4. The molecule has 0 fully saturated rings. The Morgan fingerprint density at radius 3 is 2.08 bits per heavy atom. The molecule has 0 spiro atoms. The molecular weight excluding hydrogens is 632 g/mol. The van der Waals surface area contributed by atoms with E-state index in [0.717, 1.165) is 0 Å². The van der Waals surface area contributed by atoms with E-state index in [9.17, 15) is 37.4 Å². The van der Waals surface area contributed by atoms with Gasteiger partial charge in [-0.05, 0) is 74.1 Å². The van der Waals surface area contributed by atoms with Crippen LogP contribution in [0.2, 0.25) is 0 Å². The number of alkyl halides is 3. The van der Waals surface area contributed by atoms with E-state index in [-0.39, 0.29) is 44.0 Å². The Morgan fingerprint density at radius 1 is 0.875 bits per heavy atom. The number of aromatic nitrogens is 1. The van der Waals surface area contributed by atoms with E-state index >= 15 is 0 Å². The molecule has 0 saturated carbocycles. The number of amides is 1. The Bertz CT molecular complexity index is 1670. The summed E-state index contributed by atoms with van der Waals surface area (Å²) in [5.41, 5.74) is 4.13. The van der Waals surface area contributed by atoms with Crippen molar-refractivity contribution in [3.63, 3.8) is 0 Å². The molecule has 48 heavy (non-hydrogen) atoms. The molecule has 0 aliphatic rings. The van der Waals surface area contributed by atoms with Gasteiger partial charge in [-0.3, -0.25) is 9.59 Å². The highest BCUT2D eigenvalue weighted by molar-refractivity contribution is 6.05. The normalized spacial score (nSPS) is 12.9. The summed E-state index contributed by atoms with van der Waals surface area (Å²) in [4.78, 5) is 25.8. The second-order valence-corrected chi connectivity index (χ2v) is 11.6. The van der Waals surface area contributed by atoms with E-state index in [4.69, 9.17) is 0 Å². The number of carbonyl (C=O) groups is 2. The standard InChI is InChI=1S/C36H38F4N2O6/c1-22(2)42-30(18-15-27(43)19-28(44)20-31(45)47-3)32(25-11-13-26(37)14-12-25)33(24-7-5-4-6-8-24)34(42)35(46)41-21-23-9-16-29(17-10-23)48-36(38,39)40/h4-14,16-17,22,27-28,43-44H,15,18-21H2,1-3H3,(H,41,46)/t27-,28-/m1/s1. The Hall–Kier alpha value is -4.68. The smallest absolute Gasteiger partial charge is 0.469 e. The summed E-state index contributed by atoms with van der Waals surface area (Å²) < 4.78 is 62.4. The average Bonchev–Trinajstić information content (AvgIpc) is 3.38. The van der Waals surface area contributed by atoms with Gasteiger partial charge in [-0.2, -0.15) is 0 Å². The molecule has 0 unspecified atom stereocenters. The number of halogens is 4. The lowest BCUT2D eigenvalue weighted by atomic mass is 9.92. The molecule has 1 aromatic heterocycles. The number of aliphatic hydroxyl groups excluding tert-OH is 2. The van der Waals surface area contributed by atoms with Crippen LogP contribution in [0.1, 0.15) is 60.9 Å². The van der Waals surface area contributed by atoms with Crippen molar-refractivity contribution < 1.29 is 46.8 Å². The summed E-state index contributed by atoms with van der Waals surface area (Å²) in [6.45, 7) is 3.81. The quantitative estimate of drug-likeness (QED) is 0.0987. The zero-order valence-corrected chi connectivity index (χ0v) is 26.8. The van der Waals surface area contributed by atoms with E-state index < -0.39 is 36.3 Å². The maximum Gasteiger partial charge on any atom is 0.573 e. The van der Waals surface area contributed by atoms with Crippen LogP contribution in [0, 0.1) is 5.82 Å². The number of hydrogen-bond donors (Lipinski definition) is 3. The van der Waals surface area contributed by atoms with E-state index in [1.54, 1.807) is 12.1 Å². The van der Waals surface area contributed by atoms with Crippen molar-refractivity contribution in [2.75, 3.05) is 7.11 Å². The average molecular weight is 671 g/mol. The van der Waals surface area contributed by atoms with Crippen molar-refractivity contribution in [1.82, 2.24) is 9.88 Å². The lowest BCUT2D eigenvalue weighted by Crippen LogP contribution is -2.27. The summed E-state index contributed by atoms with van der Waals surface area (Å²) >= 11 is 0. The number of rotatable bonds is 14. The molecule has 4 rings (SSSR count). The molecule has 12 heteroatoms. The number of nitrogens with zero attached hydrogens (tertiary/aromatic N) is 1. The number of nitrogens with one attached hydrogen (secondary N) is 1. The molecular formula is C36H38F4N2O6. The van der Waals surface area contributed by atoms with Crippen LogP contribution < -0.4 is 10.1 Å². The van der Waals surface area contributed by atoms with Crippen LogP contribution in [0.25, 0.3) is 22.3 Å². The van der Waals surface area contributed by atoms with Gasteiger partial charge in [-0.25, -0.2) is 4.39 Å². The molecule has 0 aliphatic carbocycles. The minimum Gasteiger partial charge on any atom is -0.469 e. The van der Waals surface area contributed by atoms with Crippen molar-refractivity contribution >= 4 is 11.9 Å². The molecule has 3 aromatic carbocycles. The van der Waals surface area contributed by atoms with Gasteiger partial charge < -0.3 is 29.6 Å². The zero-order valence-electron chi connectivity index (χ0n) is 26.8. The molecule has 8 nitrogen and oxygen atoms in total. The van der Waals surface area contributed by atoms with E-state index in [0.29, 0.717) is 39.2 Å². The largest absolute Gasteiger partial charge is 0.573 e. The number of hydrogen-bond acceptors (Lipinski definition) is 6. The monoisotopic (exact) mass is 670 g/mol. The summed E-state index contributed by atoms with van der Waals surface area (Å²) in [6, 6.07) is 20.0. The molecule has 4 aromatic rings. The Kier molecular flexibility index (Phi) is 12.0. The van der Waals surface area contributed by atoms with Crippen LogP contribution in [-0.2, 0) is 22.5 Å². The first-order chi connectivity index (χ1) is 22.8. The Labute approximate surface area is 275 Å². The van der Waals surface area contributed by atoms with E-state index in [2.05, 4.69) is 14.8 Å². The molecule has 2 atom stereocenters. The molecule has 1 heterocycles. The van der Waals surface area contributed by atoms with Crippen molar-refractivity contribution in [3.8, 4) is 28.0 Å². The maximum absolute atomic E-state index is 14.2. The van der Waals surface area contributed by atoms with Gasteiger partial charge in [0.25, 0.3) is 5.91 Å². The van der Waals surface area contributed by atoms with Crippen LogP contribution in [0.3, 0.4) is 0 Å². The van der Waals surface area contributed by atoms with Crippen LogP contribution >= 0.6 is 0 Å². The van der Waals surface area contributed by atoms with Gasteiger partial charge in [0.2, 0.25) is 0 Å². The first kappa shape index (κ1) is 36.2. The topological polar surface area (TPSA) is 110 Å². The predicted molar refractivity (Wildman–Crippen MR) is 172 cm³/mol. The number of ether oxygens (including phenoxy) is 2. The van der Waals surface area contributed by atoms with Gasteiger partial charge in [0.15, 0.2) is 0 Å². The number of esters is 1. The molecule has 256 valence electrons. The van der Waals surface area contributed by atoms with Crippen LogP contribution in [-0.4, -0.2) is 52.3 Å². The number of methoxy groups -OCH3 is 1. The van der Waals surface area contributed by atoms with Crippen LogP contribution in [0.4, 0.5) is 17.6 Å². The van der Waals surface area contributed by atoms with E-state index in [1.165, 1.54) is 43.5 Å². The molecule has 3 N–H and O–H groups in total. The SMILES string of the molecule is COC(=O)C[C@H](O)C[C@H](O)CCc1c(-c2ccc(F)cc2)c(-c2ccccc2)c(C(=O)NCc2ccc(OC(F)(F)F)cc2)n1C(C)C. The van der Waals surface area contributed by atoms with Crippen molar-refractivity contribution in [1.29, 1.82) is 0 Å². The summed E-state index contributed by atoms with van der Waals surface area (Å²) in [7, 11) is 1.21. The lowest BCUT2D eigenvalue weighted by molar-refractivity contribution is -0.274. The number of aliphatic hydroxyl groups is 2. The van der Waals surface area contributed by atoms with Gasteiger partial charge in [0, 0.05) is 29.4 Å². The summed E-state index contributed by atoms with van der Waals surface area (Å²) in [5.74, 6) is -1.88. The summed E-state index contributed by atoms with van der Waals surface area (Å²) in [5, 5.41) is 24.1. The fraction of sp³-hybridized carbons (Fsp3) is 0.333. The van der Waals surface area contributed by atoms with Gasteiger partial charge in [-0.1, -0.05) is 54.6 Å². The lowest BCUT2D eigenvalue weighted by Gasteiger charge is -2.20. The van der Waals surface area contributed by atoms with Crippen molar-refractivity contribution in [3.05, 3.63) is 102 Å². The third kappa shape index (κ3) is 9.45. The number of carbonyl (C=O) groups excluding carboxylic acids is 2. The molecule has 0 saturated heterocycles. The fourth-order valence-electron chi connectivity index (χ4n) is 5.66. The van der Waals surface area contributed by atoms with Crippen molar-refractivity contribution in [2.24, 2.45) is 0 Å². The van der Waals surface area contributed by atoms with Gasteiger partial charge in [0.05, 0.1) is 25.7 Å². The second-order valence-electron chi connectivity index (χ2n) is 11.6. The highest BCUT2D eigenvalue weighted by Gasteiger charge is 2.32. The minimum atomic E-state index is -4.83. The zero-order chi connectivity index (χ0) is 35.0. The second kappa shape index (κ2) is 15.9. The fourth-order valence-corrected chi connectivity index (χ4v) is 5.66. The molecule has 0 radical (unpaired) electrons. The molecule has 0 bridgehead atoms. The first-order valence-electron chi connectivity index (χ1n) is 15.4. The minimum absolute atomic E-state index is 0.000643. The maximum atomic E-state index is 14.2. The third-order valence-corrected chi connectivity index (χ3v) is 7.73. The van der Waals surface area contributed by atoms with E-state index in [1.807, 2.05) is 48.7 Å². The Balaban J connectivity index is 1.77. The molecule has 0 aliphatic heterocycles. The highest BCUT2D eigenvalue weighted by Crippen LogP contribution is 2.42. The van der Waals surface area contributed by atoms with Crippen LogP contribution in [0.5, 0.6) is 5.75 Å². The molecule has 1 amide bonds. The first-order valence-corrected chi connectivity index (χ1v) is 15.4. The summed E-state index contributed by atoms with van der Waals surface area (Å²) in [6.07, 6.45) is -6.86. The Morgan fingerprint density at radius 2 is 1.50 bits per heavy atom. The number of benzene rings is 3. The van der Waals surface area contributed by atoms with Gasteiger partial charge >= 0.3 is 12.3 Å². The van der Waals surface area contributed by atoms with Crippen LogP contribution in [0.15, 0.2) is 78.9 Å². The van der Waals surface area contributed by atoms with Gasteiger partial charge in [-0.15, -0.1) is 13.2 Å². The van der Waals surface area contributed by atoms with Crippen molar-refractivity contribution in [2.45, 2.75) is 70.7 Å².